The van der Waals surface area contributed by atoms with Gasteiger partial charge in [-0.1, -0.05) is 13.8 Å². The highest BCUT2D eigenvalue weighted by Gasteiger charge is 2.39. The fourth-order valence-corrected chi connectivity index (χ4v) is 5.03. The lowest BCUT2D eigenvalue weighted by Crippen LogP contribution is -2.52. The number of imide groups is 1. The molecule has 0 aromatic heterocycles. The number of carbonyl (C=O) groups excluding carboxylic acids is 3. The second kappa shape index (κ2) is 8.76. The maximum Gasteiger partial charge on any atom is 0.255 e. The van der Waals surface area contributed by atoms with Crippen molar-refractivity contribution in [2.75, 3.05) is 31.1 Å². The van der Waals surface area contributed by atoms with Crippen molar-refractivity contribution in [1.82, 2.24) is 15.5 Å². The molecule has 1 aromatic carbocycles. The molecule has 1 atom stereocenters. The molecule has 0 saturated carbocycles. The standard InChI is InChI=1S/C21H26N4O3.C2H6/c26-19-4-3-18(20(27)23-19)25-12-14-9-16(1-2-17(14)21(25)28)24-7-5-13(6-8-24)15-10-22-11-15;1-2/h1-2,9,13,15,18,22H,3-8,10-12H2,(H,23,26,27);1-2H3. The number of rotatable bonds is 3. The molecular weight excluding hydrogens is 380 g/mol. The Bertz CT molecular complexity index is 828. The van der Waals surface area contributed by atoms with Crippen LogP contribution in [0.2, 0.25) is 0 Å². The van der Waals surface area contributed by atoms with Gasteiger partial charge in [0.05, 0.1) is 0 Å². The summed E-state index contributed by atoms with van der Waals surface area (Å²) >= 11 is 0. The van der Waals surface area contributed by atoms with Gasteiger partial charge in [-0.25, -0.2) is 0 Å². The number of benzene rings is 1. The minimum atomic E-state index is -0.548. The normalized spacial score (nSPS) is 24.7. The van der Waals surface area contributed by atoms with Crippen molar-refractivity contribution >= 4 is 23.4 Å². The smallest absolute Gasteiger partial charge is 0.255 e. The topological polar surface area (TPSA) is 81.8 Å². The van der Waals surface area contributed by atoms with E-state index in [1.54, 1.807) is 4.90 Å². The van der Waals surface area contributed by atoms with Crippen LogP contribution in [-0.4, -0.2) is 54.8 Å². The lowest BCUT2D eigenvalue weighted by molar-refractivity contribution is -0.136. The summed E-state index contributed by atoms with van der Waals surface area (Å²) in [7, 11) is 0. The lowest BCUT2D eigenvalue weighted by Gasteiger charge is -2.41. The Balaban J connectivity index is 0.00000106. The molecule has 0 spiro atoms. The third-order valence-electron chi connectivity index (χ3n) is 6.89. The zero-order valence-electron chi connectivity index (χ0n) is 17.9. The number of hydrogen-bond acceptors (Lipinski definition) is 5. The van der Waals surface area contributed by atoms with Gasteiger partial charge < -0.3 is 15.1 Å². The van der Waals surface area contributed by atoms with Gasteiger partial charge >= 0.3 is 0 Å². The Kier molecular flexibility index (Phi) is 6.09. The molecule has 7 heteroatoms. The zero-order chi connectivity index (χ0) is 21.3. The molecule has 3 saturated heterocycles. The first kappa shape index (κ1) is 20.8. The molecule has 2 N–H and O–H groups in total. The van der Waals surface area contributed by atoms with Gasteiger partial charge in [-0.2, -0.15) is 0 Å². The molecule has 0 radical (unpaired) electrons. The minimum Gasteiger partial charge on any atom is -0.372 e. The number of nitrogens with zero attached hydrogens (tertiary/aromatic N) is 2. The van der Waals surface area contributed by atoms with E-state index in [4.69, 9.17) is 0 Å². The third kappa shape index (κ3) is 3.83. The van der Waals surface area contributed by atoms with Crippen molar-refractivity contribution in [3.8, 4) is 0 Å². The maximum absolute atomic E-state index is 12.8. The van der Waals surface area contributed by atoms with Gasteiger partial charge in [-0.05, 0) is 68.0 Å². The Labute approximate surface area is 178 Å². The molecular formula is C23H32N4O3. The summed E-state index contributed by atoms with van der Waals surface area (Å²) in [5, 5.41) is 5.73. The van der Waals surface area contributed by atoms with Crippen LogP contribution >= 0.6 is 0 Å². The Morgan fingerprint density at radius 3 is 2.33 bits per heavy atom. The average molecular weight is 413 g/mol. The predicted octanol–water partition coefficient (Wildman–Crippen LogP) is 1.91. The van der Waals surface area contributed by atoms with Gasteiger partial charge in [-0.15, -0.1) is 0 Å². The van der Waals surface area contributed by atoms with Gasteiger partial charge in [0.2, 0.25) is 11.8 Å². The van der Waals surface area contributed by atoms with Crippen molar-refractivity contribution in [2.45, 2.75) is 52.1 Å². The summed E-state index contributed by atoms with van der Waals surface area (Å²) in [6.45, 7) is 8.90. The van der Waals surface area contributed by atoms with E-state index < -0.39 is 6.04 Å². The van der Waals surface area contributed by atoms with Gasteiger partial charge in [0.25, 0.3) is 5.91 Å². The molecule has 0 bridgehead atoms. The van der Waals surface area contributed by atoms with E-state index >= 15 is 0 Å². The molecule has 4 aliphatic heterocycles. The maximum atomic E-state index is 12.8. The SMILES string of the molecule is CC.O=C1CCC(N2Cc3cc(N4CCC(C5CNC5)CC4)ccc3C2=O)C(=O)N1. The van der Waals surface area contributed by atoms with Crippen LogP contribution in [0.1, 0.15) is 55.5 Å². The van der Waals surface area contributed by atoms with Crippen molar-refractivity contribution in [3.63, 3.8) is 0 Å². The van der Waals surface area contributed by atoms with Crippen molar-refractivity contribution in [1.29, 1.82) is 0 Å². The number of carbonyl (C=O) groups is 3. The second-order valence-electron chi connectivity index (χ2n) is 8.48. The number of fused-ring (bicyclic) bond motifs is 1. The van der Waals surface area contributed by atoms with Gasteiger partial charge in [-0.3, -0.25) is 19.7 Å². The van der Waals surface area contributed by atoms with Crippen LogP contribution in [0.15, 0.2) is 18.2 Å². The first-order chi connectivity index (χ1) is 14.6. The lowest BCUT2D eigenvalue weighted by atomic mass is 9.81. The average Bonchev–Trinajstić information content (AvgIpc) is 3.04. The van der Waals surface area contributed by atoms with E-state index in [1.807, 2.05) is 26.0 Å². The van der Waals surface area contributed by atoms with Crippen molar-refractivity contribution in [2.24, 2.45) is 11.8 Å². The summed E-state index contributed by atoms with van der Waals surface area (Å²) in [6, 6.07) is 5.51. The molecule has 4 heterocycles. The van der Waals surface area contributed by atoms with Crippen LogP contribution in [0.4, 0.5) is 5.69 Å². The van der Waals surface area contributed by atoms with Crippen LogP contribution < -0.4 is 15.5 Å². The van der Waals surface area contributed by atoms with Gasteiger partial charge in [0, 0.05) is 37.3 Å². The largest absolute Gasteiger partial charge is 0.372 e. The number of anilines is 1. The molecule has 0 aliphatic carbocycles. The number of piperidine rings is 2. The number of nitrogens with one attached hydrogen (secondary N) is 2. The molecule has 3 fully saturated rings. The fraction of sp³-hybridized carbons (Fsp3) is 0.609. The molecule has 4 aliphatic rings. The monoisotopic (exact) mass is 412 g/mol. The van der Waals surface area contributed by atoms with E-state index in [1.165, 1.54) is 31.6 Å². The van der Waals surface area contributed by atoms with E-state index in [9.17, 15) is 14.4 Å². The van der Waals surface area contributed by atoms with Crippen molar-refractivity contribution in [3.05, 3.63) is 29.3 Å². The molecule has 5 rings (SSSR count). The van der Waals surface area contributed by atoms with Crippen LogP contribution in [0.25, 0.3) is 0 Å². The molecule has 1 aromatic rings. The summed E-state index contributed by atoms with van der Waals surface area (Å²) in [5.41, 5.74) is 2.84. The highest BCUT2D eigenvalue weighted by molar-refractivity contribution is 6.05. The summed E-state index contributed by atoms with van der Waals surface area (Å²) < 4.78 is 0. The minimum absolute atomic E-state index is 0.104. The van der Waals surface area contributed by atoms with Crippen LogP contribution in [-0.2, 0) is 16.1 Å². The summed E-state index contributed by atoms with van der Waals surface area (Å²) in [6.07, 6.45) is 3.14. The zero-order valence-corrected chi connectivity index (χ0v) is 17.9. The molecule has 30 heavy (non-hydrogen) atoms. The Morgan fingerprint density at radius 1 is 0.967 bits per heavy atom. The van der Waals surface area contributed by atoms with Gasteiger partial charge in [0.15, 0.2) is 0 Å². The molecule has 7 nitrogen and oxygen atoms in total. The summed E-state index contributed by atoms with van der Waals surface area (Å²) in [4.78, 5) is 40.4. The number of amides is 3. The first-order valence-electron chi connectivity index (χ1n) is 11.3. The molecule has 3 amide bonds. The van der Waals surface area contributed by atoms with Gasteiger partial charge in [0.1, 0.15) is 6.04 Å². The van der Waals surface area contributed by atoms with E-state index in [0.29, 0.717) is 18.5 Å². The molecule has 1 unspecified atom stereocenters. The first-order valence-corrected chi connectivity index (χ1v) is 11.3. The Morgan fingerprint density at radius 2 is 1.70 bits per heavy atom. The van der Waals surface area contributed by atoms with Crippen LogP contribution in [0.5, 0.6) is 0 Å². The fourth-order valence-electron chi connectivity index (χ4n) is 5.03. The number of hydrogen-bond donors (Lipinski definition) is 2. The third-order valence-corrected chi connectivity index (χ3v) is 6.89. The van der Waals surface area contributed by atoms with E-state index in [-0.39, 0.29) is 24.1 Å². The van der Waals surface area contributed by atoms with Crippen molar-refractivity contribution < 1.29 is 14.4 Å². The Hall–Kier alpha value is -2.41. The van der Waals surface area contributed by atoms with Crippen LogP contribution in [0.3, 0.4) is 0 Å². The predicted molar refractivity (Wildman–Crippen MR) is 115 cm³/mol. The summed E-state index contributed by atoms with van der Waals surface area (Å²) in [5.74, 6) is 0.963. The van der Waals surface area contributed by atoms with Crippen LogP contribution in [0, 0.1) is 11.8 Å². The van der Waals surface area contributed by atoms with E-state index in [2.05, 4.69) is 21.6 Å². The van der Waals surface area contributed by atoms with E-state index in [0.717, 1.165) is 30.5 Å². The molecule has 162 valence electrons. The second-order valence-corrected chi connectivity index (χ2v) is 8.48. The quantitative estimate of drug-likeness (QED) is 0.742. The highest BCUT2D eigenvalue weighted by Crippen LogP contribution is 2.33. The highest BCUT2D eigenvalue weighted by atomic mass is 16.2.